The third-order valence-corrected chi connectivity index (χ3v) is 6.52. The number of para-hydroxylation sites is 1. The highest BCUT2D eigenvalue weighted by molar-refractivity contribution is 7.89. The monoisotopic (exact) mass is 393 g/mol. The molecule has 0 amide bonds. The first-order valence-electron chi connectivity index (χ1n) is 8.83. The van der Waals surface area contributed by atoms with Crippen LogP contribution in [-0.4, -0.2) is 52.6 Å². The Balaban J connectivity index is 1.40. The van der Waals surface area contributed by atoms with E-state index in [1.54, 1.807) is 18.2 Å². The third-order valence-electron chi connectivity index (χ3n) is 4.56. The number of sulfonamides is 1. The molecule has 0 saturated carbocycles. The van der Waals surface area contributed by atoms with E-state index in [9.17, 15) is 8.42 Å². The van der Waals surface area contributed by atoms with Crippen LogP contribution in [-0.2, 0) is 10.0 Å². The number of nitrogens with zero attached hydrogens (tertiary/aromatic N) is 2. The van der Waals surface area contributed by atoms with Gasteiger partial charge in [-0.1, -0.05) is 41.9 Å². The second-order valence-corrected chi connectivity index (χ2v) is 8.49. The lowest BCUT2D eigenvalue weighted by atomic mass is 10.2. The molecule has 0 unspecified atom stereocenters. The first-order valence-corrected chi connectivity index (χ1v) is 10.7. The number of piperazine rings is 1. The number of hydrogen-bond donors (Lipinski definition) is 1. The van der Waals surface area contributed by atoms with Crippen LogP contribution in [0.5, 0.6) is 0 Å². The third kappa shape index (κ3) is 4.98. The van der Waals surface area contributed by atoms with Gasteiger partial charge in [0.25, 0.3) is 0 Å². The lowest BCUT2D eigenvalue weighted by molar-refractivity contribution is 0.255. The molecule has 0 spiro atoms. The molecule has 0 radical (unpaired) electrons. The fourth-order valence-corrected chi connectivity index (χ4v) is 4.71. The van der Waals surface area contributed by atoms with Gasteiger partial charge in [-0.3, -0.25) is 4.90 Å². The van der Waals surface area contributed by atoms with Crippen LogP contribution in [0.15, 0.2) is 59.5 Å². The Kier molecular flexibility index (Phi) is 6.53. The average Bonchev–Trinajstić information content (AvgIpc) is 2.67. The molecule has 2 aromatic carbocycles. The maximum Gasteiger partial charge on any atom is 0.242 e. The van der Waals surface area contributed by atoms with E-state index in [-0.39, 0.29) is 9.92 Å². The van der Waals surface area contributed by atoms with Crippen LogP contribution in [0.1, 0.15) is 6.42 Å². The Hall–Kier alpha value is -1.60. The van der Waals surface area contributed by atoms with Crippen molar-refractivity contribution in [3.63, 3.8) is 0 Å². The molecule has 0 bridgehead atoms. The van der Waals surface area contributed by atoms with Gasteiger partial charge in [-0.15, -0.1) is 0 Å². The lowest BCUT2D eigenvalue weighted by Gasteiger charge is -2.36. The maximum absolute atomic E-state index is 12.3. The van der Waals surface area contributed by atoms with Gasteiger partial charge in [0.05, 0.1) is 5.02 Å². The molecule has 1 saturated heterocycles. The summed E-state index contributed by atoms with van der Waals surface area (Å²) in [6.45, 7) is 5.27. The SMILES string of the molecule is O=S(=O)(NCCCN1CCN(c2ccccc2)CC1)c1ccccc1Cl. The van der Waals surface area contributed by atoms with Crippen molar-refractivity contribution >= 4 is 27.3 Å². The average molecular weight is 394 g/mol. The number of nitrogens with one attached hydrogen (secondary N) is 1. The molecule has 1 heterocycles. The predicted molar refractivity (Wildman–Crippen MR) is 106 cm³/mol. The number of hydrogen-bond acceptors (Lipinski definition) is 4. The van der Waals surface area contributed by atoms with Crippen LogP contribution in [0, 0.1) is 0 Å². The van der Waals surface area contributed by atoms with Crippen molar-refractivity contribution in [1.82, 2.24) is 9.62 Å². The van der Waals surface area contributed by atoms with Crippen LogP contribution >= 0.6 is 11.6 Å². The molecule has 140 valence electrons. The van der Waals surface area contributed by atoms with E-state index in [1.165, 1.54) is 11.8 Å². The van der Waals surface area contributed by atoms with Gasteiger partial charge in [0.2, 0.25) is 10.0 Å². The van der Waals surface area contributed by atoms with Crippen LogP contribution in [0.2, 0.25) is 5.02 Å². The van der Waals surface area contributed by atoms with E-state index >= 15 is 0 Å². The van der Waals surface area contributed by atoms with E-state index < -0.39 is 10.0 Å². The zero-order valence-corrected chi connectivity index (χ0v) is 16.2. The molecule has 1 fully saturated rings. The quantitative estimate of drug-likeness (QED) is 0.735. The van der Waals surface area contributed by atoms with Crippen LogP contribution in [0.3, 0.4) is 0 Å². The molecule has 5 nitrogen and oxygen atoms in total. The Bertz CT molecular complexity index is 807. The molecule has 1 aliphatic heterocycles. The van der Waals surface area contributed by atoms with E-state index in [1.807, 2.05) is 6.07 Å². The zero-order chi connectivity index (χ0) is 18.4. The van der Waals surface area contributed by atoms with E-state index in [0.29, 0.717) is 6.54 Å². The summed E-state index contributed by atoms with van der Waals surface area (Å²) < 4.78 is 27.2. The summed E-state index contributed by atoms with van der Waals surface area (Å²) in [5.74, 6) is 0. The summed E-state index contributed by atoms with van der Waals surface area (Å²) in [7, 11) is -3.55. The van der Waals surface area contributed by atoms with Gasteiger partial charge < -0.3 is 4.90 Å². The van der Waals surface area contributed by atoms with Gasteiger partial charge in [-0.25, -0.2) is 13.1 Å². The molecular formula is C19H24ClN3O2S. The van der Waals surface area contributed by atoms with Crippen molar-refractivity contribution in [2.45, 2.75) is 11.3 Å². The van der Waals surface area contributed by atoms with Crippen molar-refractivity contribution in [2.24, 2.45) is 0 Å². The summed E-state index contributed by atoms with van der Waals surface area (Å²) in [6.07, 6.45) is 0.773. The Labute approximate surface area is 160 Å². The molecule has 3 rings (SSSR count). The summed E-state index contributed by atoms with van der Waals surface area (Å²) in [6, 6.07) is 16.9. The van der Waals surface area contributed by atoms with Gasteiger partial charge in [0.1, 0.15) is 4.90 Å². The van der Waals surface area contributed by atoms with Gasteiger partial charge in [-0.2, -0.15) is 0 Å². The van der Waals surface area contributed by atoms with E-state index in [2.05, 4.69) is 38.8 Å². The van der Waals surface area contributed by atoms with Crippen molar-refractivity contribution < 1.29 is 8.42 Å². The minimum Gasteiger partial charge on any atom is -0.369 e. The van der Waals surface area contributed by atoms with Crippen molar-refractivity contribution in [1.29, 1.82) is 0 Å². The highest BCUT2D eigenvalue weighted by atomic mass is 35.5. The molecule has 7 heteroatoms. The number of benzene rings is 2. The predicted octanol–water partition coefficient (Wildman–Crippen LogP) is 2.83. The molecule has 0 aliphatic carbocycles. The minimum atomic E-state index is -3.55. The fraction of sp³-hybridized carbons (Fsp3) is 0.368. The second-order valence-electron chi connectivity index (χ2n) is 6.35. The highest BCUT2D eigenvalue weighted by Gasteiger charge is 2.18. The Morgan fingerprint density at radius 3 is 2.27 bits per heavy atom. The smallest absolute Gasteiger partial charge is 0.242 e. The molecule has 2 aromatic rings. The van der Waals surface area contributed by atoms with Crippen molar-refractivity contribution in [3.05, 3.63) is 59.6 Å². The summed E-state index contributed by atoms with van der Waals surface area (Å²) in [5, 5.41) is 0.247. The van der Waals surface area contributed by atoms with E-state index in [4.69, 9.17) is 11.6 Å². The van der Waals surface area contributed by atoms with Crippen LogP contribution in [0.25, 0.3) is 0 Å². The number of anilines is 1. The standard InChI is InChI=1S/C19H24ClN3O2S/c20-18-9-4-5-10-19(18)26(24,25)21-11-6-12-22-13-15-23(16-14-22)17-7-2-1-3-8-17/h1-5,7-10,21H,6,11-16H2. The maximum atomic E-state index is 12.3. The van der Waals surface area contributed by atoms with Gasteiger partial charge in [-0.05, 0) is 37.2 Å². The Morgan fingerprint density at radius 1 is 0.923 bits per heavy atom. The van der Waals surface area contributed by atoms with Crippen molar-refractivity contribution in [2.75, 3.05) is 44.2 Å². The molecular weight excluding hydrogens is 370 g/mol. The molecule has 1 N–H and O–H groups in total. The normalized spacial score (nSPS) is 16.0. The summed E-state index contributed by atoms with van der Waals surface area (Å²) >= 11 is 5.98. The largest absolute Gasteiger partial charge is 0.369 e. The van der Waals surface area contributed by atoms with Gasteiger partial charge in [0, 0.05) is 38.4 Å². The van der Waals surface area contributed by atoms with Crippen LogP contribution < -0.4 is 9.62 Å². The van der Waals surface area contributed by atoms with E-state index in [0.717, 1.165) is 39.1 Å². The topological polar surface area (TPSA) is 52.7 Å². The highest BCUT2D eigenvalue weighted by Crippen LogP contribution is 2.20. The lowest BCUT2D eigenvalue weighted by Crippen LogP contribution is -2.47. The molecule has 26 heavy (non-hydrogen) atoms. The Morgan fingerprint density at radius 2 is 1.58 bits per heavy atom. The molecule has 0 atom stereocenters. The van der Waals surface area contributed by atoms with Crippen molar-refractivity contribution in [3.8, 4) is 0 Å². The molecule has 0 aromatic heterocycles. The minimum absolute atomic E-state index is 0.137. The van der Waals surface area contributed by atoms with Gasteiger partial charge in [0.15, 0.2) is 0 Å². The first-order chi connectivity index (χ1) is 12.6. The summed E-state index contributed by atoms with van der Waals surface area (Å²) in [4.78, 5) is 4.90. The number of halogens is 1. The molecule has 1 aliphatic rings. The summed E-state index contributed by atoms with van der Waals surface area (Å²) in [5.41, 5.74) is 1.26. The van der Waals surface area contributed by atoms with Gasteiger partial charge >= 0.3 is 0 Å². The van der Waals surface area contributed by atoms with Crippen LogP contribution in [0.4, 0.5) is 5.69 Å². The first kappa shape index (κ1) is 19.2. The second kappa shape index (κ2) is 8.86. The fourth-order valence-electron chi connectivity index (χ4n) is 3.12. The number of rotatable bonds is 7. The zero-order valence-electron chi connectivity index (χ0n) is 14.6.